The van der Waals surface area contributed by atoms with Gasteiger partial charge in [0.2, 0.25) is 0 Å². The molecular formula is C35H41BrN6O8. The molecule has 0 aliphatic heterocycles. The first-order chi connectivity index (χ1) is 23.1. The zero-order chi connectivity index (χ0) is 37.2. The van der Waals surface area contributed by atoms with E-state index in [4.69, 9.17) is 14.0 Å². The first-order valence-electron chi connectivity index (χ1n) is 15.6. The number of anilines is 1. The Kier molecular flexibility index (Phi) is 10.9. The van der Waals surface area contributed by atoms with Crippen molar-refractivity contribution in [3.05, 3.63) is 69.2 Å². The molecule has 15 heteroatoms. The Balaban J connectivity index is 1.72. The maximum absolute atomic E-state index is 13.5. The second-order valence-corrected chi connectivity index (χ2v) is 15.4. The number of pyridine rings is 1. The predicted octanol–water partition coefficient (Wildman–Crippen LogP) is 8.12. The van der Waals surface area contributed by atoms with E-state index in [1.54, 1.807) is 53.8 Å². The topological polar surface area (TPSA) is 181 Å². The van der Waals surface area contributed by atoms with E-state index in [9.17, 15) is 24.3 Å². The lowest BCUT2D eigenvalue weighted by Gasteiger charge is -2.33. The van der Waals surface area contributed by atoms with Crippen molar-refractivity contribution >= 4 is 40.0 Å². The lowest BCUT2D eigenvalue weighted by atomic mass is 9.84. The number of amides is 3. The Labute approximate surface area is 297 Å². The van der Waals surface area contributed by atoms with Gasteiger partial charge < -0.3 is 29.0 Å². The van der Waals surface area contributed by atoms with Gasteiger partial charge in [-0.25, -0.2) is 24.4 Å². The van der Waals surface area contributed by atoms with E-state index in [2.05, 4.69) is 36.0 Å². The monoisotopic (exact) mass is 752 g/mol. The van der Waals surface area contributed by atoms with Crippen LogP contribution >= 0.6 is 15.9 Å². The van der Waals surface area contributed by atoms with Crippen molar-refractivity contribution in [1.29, 1.82) is 0 Å². The quantitative estimate of drug-likeness (QED) is 0.177. The number of imide groups is 1. The number of H-pyrrole nitrogens is 1. The maximum Gasteiger partial charge on any atom is 0.425 e. The fourth-order valence-electron chi connectivity index (χ4n) is 5.29. The molecular weight excluding hydrogens is 712 g/mol. The second kappa shape index (κ2) is 14.4. The normalized spacial score (nSPS) is 12.0. The fraction of sp³-hybridized carbons (Fsp3) is 0.400. The molecule has 0 aliphatic carbocycles. The highest BCUT2D eigenvalue weighted by Crippen LogP contribution is 2.35. The molecule has 266 valence electrons. The van der Waals surface area contributed by atoms with Crippen LogP contribution in [-0.2, 0) is 16.0 Å². The van der Waals surface area contributed by atoms with Gasteiger partial charge in [0.1, 0.15) is 16.9 Å². The summed E-state index contributed by atoms with van der Waals surface area (Å²) in [5.74, 6) is -0.362. The number of hydrogen-bond acceptors (Lipinski definition) is 10. The summed E-state index contributed by atoms with van der Waals surface area (Å²) in [6.45, 7) is 15.0. The maximum atomic E-state index is 13.5. The van der Waals surface area contributed by atoms with E-state index >= 15 is 0 Å². The van der Waals surface area contributed by atoms with Crippen molar-refractivity contribution in [2.75, 3.05) is 11.9 Å². The number of carbonyl (C=O) groups excluding carboxylic acids is 2. The number of nitrogens with one attached hydrogen (secondary N) is 1. The summed E-state index contributed by atoms with van der Waals surface area (Å²) < 4.78 is 17.0. The number of halogens is 1. The van der Waals surface area contributed by atoms with Crippen LogP contribution in [0.2, 0.25) is 0 Å². The van der Waals surface area contributed by atoms with Crippen LogP contribution in [-0.4, -0.2) is 66.6 Å². The highest BCUT2D eigenvalue weighted by atomic mass is 79.9. The Bertz CT molecular complexity index is 1940. The largest absolute Gasteiger partial charge is 0.464 e. The third-order valence-electron chi connectivity index (χ3n) is 6.93. The van der Waals surface area contributed by atoms with Gasteiger partial charge in [-0.1, -0.05) is 50.2 Å². The first kappa shape index (κ1) is 37.8. The molecule has 4 rings (SSSR count). The Morgan fingerprint density at radius 2 is 1.60 bits per heavy atom. The molecule has 2 N–H and O–H groups in total. The van der Waals surface area contributed by atoms with Gasteiger partial charge in [0.15, 0.2) is 17.3 Å². The van der Waals surface area contributed by atoms with Gasteiger partial charge in [-0.3, -0.25) is 4.79 Å². The number of carbonyl (C=O) groups is 3. The van der Waals surface area contributed by atoms with Gasteiger partial charge in [-0.2, -0.15) is 4.90 Å². The summed E-state index contributed by atoms with van der Waals surface area (Å²) in [5, 5.41) is 14.4. The minimum absolute atomic E-state index is 0.00887. The Hall–Kier alpha value is -5.05. The van der Waals surface area contributed by atoms with Crippen LogP contribution in [0.3, 0.4) is 0 Å². The standard InChI is InChI=1S/C35H41BrN6O8/c1-33(2,3)19-35(7,8)49-32(47)42(30(44)45)28-27(39-25(17-37-28)22-14-23(36)29(43)38-16-22)26-15-24(40-50-26)21-12-10-20(11-13-21)18-41(9)31(46)48-34(4,5)6/h10-17H,18-19H2,1-9H3,(H,38,43)(H,44,45). The lowest BCUT2D eigenvalue weighted by molar-refractivity contribution is 0.0144. The molecule has 0 aliphatic rings. The Morgan fingerprint density at radius 1 is 0.940 bits per heavy atom. The highest BCUT2D eigenvalue weighted by molar-refractivity contribution is 9.10. The van der Waals surface area contributed by atoms with Gasteiger partial charge in [0.25, 0.3) is 5.56 Å². The number of ether oxygens (including phenoxy) is 2. The number of nitrogens with zero attached hydrogens (tertiary/aromatic N) is 5. The van der Waals surface area contributed by atoms with Crippen LogP contribution in [0.15, 0.2) is 62.6 Å². The zero-order valence-electron chi connectivity index (χ0n) is 29.5. The molecule has 0 unspecified atom stereocenters. The number of aromatic amines is 1. The van der Waals surface area contributed by atoms with Crippen molar-refractivity contribution in [2.24, 2.45) is 5.41 Å². The van der Waals surface area contributed by atoms with Crippen LogP contribution < -0.4 is 10.5 Å². The van der Waals surface area contributed by atoms with Gasteiger partial charge in [0.05, 0.1) is 16.4 Å². The van der Waals surface area contributed by atoms with E-state index < -0.39 is 29.5 Å². The molecule has 0 radical (unpaired) electrons. The predicted molar refractivity (Wildman–Crippen MR) is 190 cm³/mol. The summed E-state index contributed by atoms with van der Waals surface area (Å²) >= 11 is 3.20. The molecule has 0 saturated carbocycles. The minimum Gasteiger partial charge on any atom is -0.464 e. The van der Waals surface area contributed by atoms with Crippen LogP contribution in [0, 0.1) is 5.41 Å². The average molecular weight is 754 g/mol. The lowest BCUT2D eigenvalue weighted by Crippen LogP contribution is -2.43. The molecule has 0 spiro atoms. The van der Waals surface area contributed by atoms with Gasteiger partial charge in [-0.15, -0.1) is 0 Å². The molecule has 0 saturated heterocycles. The fourth-order valence-corrected chi connectivity index (χ4v) is 5.65. The number of carboxylic acid groups (broad SMARTS) is 1. The van der Waals surface area contributed by atoms with E-state index in [1.807, 2.05) is 32.9 Å². The van der Waals surface area contributed by atoms with Crippen LogP contribution in [0.25, 0.3) is 34.0 Å². The molecule has 4 aromatic rings. The molecule has 14 nitrogen and oxygen atoms in total. The number of aromatic nitrogens is 4. The van der Waals surface area contributed by atoms with Crippen molar-refractivity contribution in [2.45, 2.75) is 79.6 Å². The third-order valence-corrected chi connectivity index (χ3v) is 7.52. The molecule has 0 fully saturated rings. The Morgan fingerprint density at radius 3 is 2.18 bits per heavy atom. The molecule has 50 heavy (non-hydrogen) atoms. The van der Waals surface area contributed by atoms with E-state index in [-0.39, 0.29) is 38.4 Å². The first-order valence-corrected chi connectivity index (χ1v) is 16.4. The molecule has 3 heterocycles. The SMILES string of the molecule is CN(Cc1ccc(-c2cc(-c3nc(-c4c[nH]c(=O)c(Br)c4)cnc3N(C(=O)O)C(=O)OC(C)(C)CC(C)(C)C)on2)cc1)C(=O)OC(C)(C)C. The summed E-state index contributed by atoms with van der Waals surface area (Å²) in [4.78, 5) is 63.8. The zero-order valence-corrected chi connectivity index (χ0v) is 31.0. The van der Waals surface area contributed by atoms with Gasteiger partial charge >= 0.3 is 18.3 Å². The molecule has 3 amide bonds. The summed E-state index contributed by atoms with van der Waals surface area (Å²) in [5.41, 5.74) is 0.206. The smallest absolute Gasteiger partial charge is 0.425 e. The van der Waals surface area contributed by atoms with Crippen molar-refractivity contribution < 1.29 is 33.5 Å². The number of benzene rings is 1. The second-order valence-electron chi connectivity index (χ2n) is 14.6. The molecule has 0 atom stereocenters. The van der Waals surface area contributed by atoms with E-state index in [0.717, 1.165) is 5.56 Å². The van der Waals surface area contributed by atoms with Crippen molar-refractivity contribution in [3.8, 4) is 34.0 Å². The average Bonchev–Trinajstić information content (AvgIpc) is 3.47. The van der Waals surface area contributed by atoms with Crippen LogP contribution in [0.1, 0.15) is 67.4 Å². The molecule has 1 aromatic carbocycles. The minimum atomic E-state index is -1.65. The third kappa shape index (κ3) is 9.77. The van der Waals surface area contributed by atoms with Gasteiger partial charge in [-0.05, 0) is 74.0 Å². The molecule has 3 aromatic heterocycles. The van der Waals surface area contributed by atoms with E-state index in [1.165, 1.54) is 29.4 Å². The van der Waals surface area contributed by atoms with Crippen molar-refractivity contribution in [3.63, 3.8) is 0 Å². The number of rotatable bonds is 8. The molecule has 0 bridgehead atoms. The van der Waals surface area contributed by atoms with Gasteiger partial charge in [0, 0.05) is 37.0 Å². The van der Waals surface area contributed by atoms with E-state index in [0.29, 0.717) is 34.7 Å². The highest BCUT2D eigenvalue weighted by Gasteiger charge is 2.37. The van der Waals surface area contributed by atoms with Crippen LogP contribution in [0.5, 0.6) is 0 Å². The van der Waals surface area contributed by atoms with Crippen LogP contribution in [0.4, 0.5) is 20.2 Å². The number of hydrogen-bond donors (Lipinski definition) is 2. The summed E-state index contributed by atoms with van der Waals surface area (Å²) in [6, 6.07) is 10.3. The summed E-state index contributed by atoms with van der Waals surface area (Å²) in [6.07, 6.45) is -0.136. The van der Waals surface area contributed by atoms with Crippen molar-refractivity contribution in [1.82, 2.24) is 25.0 Å². The summed E-state index contributed by atoms with van der Waals surface area (Å²) in [7, 11) is 1.65.